The van der Waals surface area contributed by atoms with E-state index in [9.17, 15) is 18.0 Å². The molecule has 0 aliphatic heterocycles. The number of anilines is 1. The Morgan fingerprint density at radius 2 is 1.91 bits per heavy atom. The van der Waals surface area contributed by atoms with Crippen LogP contribution in [0.1, 0.15) is 5.56 Å². The van der Waals surface area contributed by atoms with Gasteiger partial charge in [-0.1, -0.05) is 11.6 Å². The van der Waals surface area contributed by atoms with Gasteiger partial charge < -0.3 is 10.3 Å². The van der Waals surface area contributed by atoms with Crippen LogP contribution in [0.4, 0.5) is 18.9 Å². The van der Waals surface area contributed by atoms with E-state index < -0.39 is 29.0 Å². The van der Waals surface area contributed by atoms with Gasteiger partial charge in [0.05, 0.1) is 12.1 Å². The smallest absolute Gasteiger partial charge is 0.228 e. The van der Waals surface area contributed by atoms with Gasteiger partial charge in [0.2, 0.25) is 5.91 Å². The van der Waals surface area contributed by atoms with E-state index in [1.165, 1.54) is 0 Å². The van der Waals surface area contributed by atoms with Crippen LogP contribution in [0.5, 0.6) is 0 Å². The van der Waals surface area contributed by atoms with Gasteiger partial charge in [-0.25, -0.2) is 13.2 Å². The number of aromatic nitrogens is 1. The van der Waals surface area contributed by atoms with E-state index in [0.29, 0.717) is 10.6 Å². The highest BCUT2D eigenvalue weighted by molar-refractivity contribution is 6.31. The number of H-pyrrole nitrogens is 1. The van der Waals surface area contributed by atoms with Gasteiger partial charge in [0.15, 0.2) is 17.5 Å². The zero-order valence-electron chi connectivity index (χ0n) is 11.6. The zero-order valence-corrected chi connectivity index (χ0v) is 12.3. The van der Waals surface area contributed by atoms with Crippen molar-refractivity contribution in [2.24, 2.45) is 0 Å². The van der Waals surface area contributed by atoms with Crippen LogP contribution in [-0.4, -0.2) is 10.9 Å². The maximum atomic E-state index is 13.6. The van der Waals surface area contributed by atoms with Gasteiger partial charge in [0.1, 0.15) is 0 Å². The van der Waals surface area contributed by atoms with E-state index >= 15 is 0 Å². The van der Waals surface area contributed by atoms with Crippen molar-refractivity contribution in [2.75, 3.05) is 5.32 Å². The Hall–Kier alpha value is -2.47. The van der Waals surface area contributed by atoms with Crippen molar-refractivity contribution in [3.63, 3.8) is 0 Å². The first-order chi connectivity index (χ1) is 11.0. The number of carbonyl (C=O) groups is 1. The fourth-order valence-electron chi connectivity index (χ4n) is 2.29. The highest BCUT2D eigenvalue weighted by Gasteiger charge is 2.16. The molecule has 0 bridgehead atoms. The van der Waals surface area contributed by atoms with Gasteiger partial charge >= 0.3 is 0 Å². The summed E-state index contributed by atoms with van der Waals surface area (Å²) in [6.07, 6.45) is 1.57. The van der Waals surface area contributed by atoms with Crippen LogP contribution < -0.4 is 5.32 Å². The highest BCUT2D eigenvalue weighted by atomic mass is 35.5. The number of amides is 1. The van der Waals surface area contributed by atoms with Crippen molar-refractivity contribution in [2.45, 2.75) is 6.42 Å². The van der Waals surface area contributed by atoms with E-state index in [1.807, 2.05) is 0 Å². The Morgan fingerprint density at radius 1 is 1.13 bits per heavy atom. The largest absolute Gasteiger partial charge is 0.361 e. The lowest BCUT2D eigenvalue weighted by atomic mass is 10.1. The Bertz CT molecular complexity index is 908. The SMILES string of the molecule is O=C(Cc1c[nH]c2ccc(Cl)cc12)Nc1ccc(F)c(F)c1F. The van der Waals surface area contributed by atoms with E-state index in [0.717, 1.165) is 23.0 Å². The summed E-state index contributed by atoms with van der Waals surface area (Å²) in [5.41, 5.74) is 1.05. The Labute approximate surface area is 134 Å². The summed E-state index contributed by atoms with van der Waals surface area (Å²) >= 11 is 5.93. The molecule has 2 N–H and O–H groups in total. The summed E-state index contributed by atoms with van der Waals surface area (Å²) in [7, 11) is 0. The number of carbonyl (C=O) groups excluding carboxylic acids is 1. The number of nitrogens with one attached hydrogen (secondary N) is 2. The molecule has 0 unspecified atom stereocenters. The highest BCUT2D eigenvalue weighted by Crippen LogP contribution is 2.24. The molecular weight excluding hydrogens is 329 g/mol. The summed E-state index contributed by atoms with van der Waals surface area (Å²) in [4.78, 5) is 15.0. The fraction of sp³-hybridized carbons (Fsp3) is 0.0625. The molecule has 0 fully saturated rings. The number of halogens is 4. The molecule has 7 heteroatoms. The van der Waals surface area contributed by atoms with Gasteiger partial charge in [-0.3, -0.25) is 4.79 Å². The third-order valence-electron chi connectivity index (χ3n) is 3.39. The minimum atomic E-state index is -1.62. The molecular formula is C16H10ClF3N2O. The first kappa shape index (κ1) is 15.4. The van der Waals surface area contributed by atoms with Gasteiger partial charge in [-0.05, 0) is 35.9 Å². The quantitative estimate of drug-likeness (QED) is 0.682. The fourth-order valence-corrected chi connectivity index (χ4v) is 2.46. The maximum absolute atomic E-state index is 13.6. The van der Waals surface area contributed by atoms with Crippen LogP contribution in [0.2, 0.25) is 5.02 Å². The summed E-state index contributed by atoms with van der Waals surface area (Å²) < 4.78 is 39.6. The molecule has 0 aliphatic carbocycles. The summed E-state index contributed by atoms with van der Waals surface area (Å²) in [6.45, 7) is 0. The summed E-state index contributed by atoms with van der Waals surface area (Å²) in [6, 6.07) is 6.90. The lowest BCUT2D eigenvalue weighted by Crippen LogP contribution is -2.16. The van der Waals surface area contributed by atoms with Crippen molar-refractivity contribution >= 4 is 34.1 Å². The minimum absolute atomic E-state index is 0.0707. The normalized spacial score (nSPS) is 11.0. The van der Waals surface area contributed by atoms with Crippen molar-refractivity contribution in [1.82, 2.24) is 4.98 Å². The Balaban J connectivity index is 1.82. The van der Waals surface area contributed by atoms with Crippen molar-refractivity contribution in [3.8, 4) is 0 Å². The average molecular weight is 339 g/mol. The molecule has 1 heterocycles. The maximum Gasteiger partial charge on any atom is 0.228 e. The molecule has 3 rings (SSSR count). The second kappa shape index (κ2) is 5.96. The van der Waals surface area contributed by atoms with Gasteiger partial charge in [-0.2, -0.15) is 0 Å². The van der Waals surface area contributed by atoms with Crippen LogP contribution in [0.15, 0.2) is 36.5 Å². The molecule has 0 saturated heterocycles. The predicted molar refractivity (Wildman–Crippen MR) is 82.0 cm³/mol. The molecule has 1 amide bonds. The predicted octanol–water partition coefficient (Wildman–Crippen LogP) is 4.42. The van der Waals surface area contributed by atoms with Gasteiger partial charge in [-0.15, -0.1) is 0 Å². The van der Waals surface area contributed by atoms with Crippen LogP contribution in [-0.2, 0) is 11.2 Å². The second-order valence-corrected chi connectivity index (χ2v) is 5.39. The van der Waals surface area contributed by atoms with E-state index in [4.69, 9.17) is 11.6 Å². The van der Waals surface area contributed by atoms with E-state index in [1.54, 1.807) is 24.4 Å². The van der Waals surface area contributed by atoms with Gasteiger partial charge in [0, 0.05) is 22.1 Å². The number of rotatable bonds is 3. The second-order valence-electron chi connectivity index (χ2n) is 4.95. The molecule has 118 valence electrons. The number of aromatic amines is 1. The van der Waals surface area contributed by atoms with Crippen molar-refractivity contribution in [3.05, 3.63) is 64.6 Å². The molecule has 3 nitrogen and oxygen atoms in total. The molecule has 1 aromatic heterocycles. The molecule has 3 aromatic rings. The lowest BCUT2D eigenvalue weighted by Gasteiger charge is -2.07. The Morgan fingerprint density at radius 3 is 2.70 bits per heavy atom. The molecule has 0 radical (unpaired) electrons. The van der Waals surface area contributed by atoms with Crippen LogP contribution in [0.3, 0.4) is 0 Å². The molecule has 0 aliphatic rings. The number of hydrogen-bond donors (Lipinski definition) is 2. The standard InChI is InChI=1S/C16H10ClF3N2O/c17-9-1-3-12-10(6-9)8(7-21-12)5-14(23)22-13-4-2-11(18)15(19)16(13)20/h1-4,6-7,21H,5H2,(H,22,23). The molecule has 0 atom stereocenters. The van der Waals surface area contributed by atoms with E-state index in [2.05, 4.69) is 10.3 Å². The molecule has 2 aromatic carbocycles. The summed E-state index contributed by atoms with van der Waals surface area (Å²) in [5, 5.41) is 3.51. The van der Waals surface area contributed by atoms with Crippen LogP contribution >= 0.6 is 11.6 Å². The first-order valence-corrected chi connectivity index (χ1v) is 7.02. The monoisotopic (exact) mass is 338 g/mol. The van der Waals surface area contributed by atoms with Crippen molar-refractivity contribution < 1.29 is 18.0 Å². The topological polar surface area (TPSA) is 44.9 Å². The number of hydrogen-bond acceptors (Lipinski definition) is 1. The third-order valence-corrected chi connectivity index (χ3v) is 3.62. The van der Waals surface area contributed by atoms with Gasteiger partial charge in [0.25, 0.3) is 0 Å². The summed E-state index contributed by atoms with van der Waals surface area (Å²) in [5.74, 6) is -4.93. The van der Waals surface area contributed by atoms with Crippen LogP contribution in [0.25, 0.3) is 10.9 Å². The molecule has 0 spiro atoms. The van der Waals surface area contributed by atoms with Crippen LogP contribution in [0, 0.1) is 17.5 Å². The minimum Gasteiger partial charge on any atom is -0.361 e. The first-order valence-electron chi connectivity index (χ1n) is 6.64. The zero-order chi connectivity index (χ0) is 16.6. The van der Waals surface area contributed by atoms with Crippen molar-refractivity contribution in [1.29, 1.82) is 0 Å². The van der Waals surface area contributed by atoms with E-state index in [-0.39, 0.29) is 6.42 Å². The number of fused-ring (bicyclic) bond motifs is 1. The molecule has 23 heavy (non-hydrogen) atoms. The Kier molecular flexibility index (Phi) is 4.00. The third kappa shape index (κ3) is 3.03. The lowest BCUT2D eigenvalue weighted by molar-refractivity contribution is -0.115. The number of benzene rings is 2. The average Bonchev–Trinajstić information content (AvgIpc) is 2.90. The molecule has 0 saturated carbocycles.